The van der Waals surface area contributed by atoms with Crippen molar-refractivity contribution in [1.82, 2.24) is 29.7 Å². The molecule has 0 aliphatic rings. The van der Waals surface area contributed by atoms with Crippen molar-refractivity contribution in [2.75, 3.05) is 5.32 Å². The molecule has 11 heteroatoms. The fraction of sp³-hybridized carbons (Fsp3) is 0.0952. The number of carbonyl (C=O) groups is 2. The van der Waals surface area contributed by atoms with Crippen molar-refractivity contribution in [2.45, 2.75) is 6.42 Å². The summed E-state index contributed by atoms with van der Waals surface area (Å²) in [5.41, 5.74) is 0.737. The van der Waals surface area contributed by atoms with Crippen LogP contribution in [-0.2, 0) is 18.3 Å². The molecule has 4 aromatic rings. The highest BCUT2D eigenvalue weighted by Crippen LogP contribution is 2.25. The molecule has 0 aliphatic carbocycles. The van der Waals surface area contributed by atoms with Crippen LogP contribution in [0.3, 0.4) is 0 Å². The van der Waals surface area contributed by atoms with Gasteiger partial charge in [-0.2, -0.15) is 5.10 Å². The van der Waals surface area contributed by atoms with E-state index in [1.54, 1.807) is 41.3 Å². The van der Waals surface area contributed by atoms with Gasteiger partial charge >= 0.3 is 0 Å². The number of anilines is 1. The van der Waals surface area contributed by atoms with E-state index in [2.05, 4.69) is 30.4 Å². The third-order valence-corrected chi connectivity index (χ3v) is 4.32. The Hall–Kier alpha value is -4.67. The van der Waals surface area contributed by atoms with E-state index >= 15 is 0 Å². The zero-order chi connectivity index (χ0) is 22.5. The topological polar surface area (TPSA) is 145 Å². The van der Waals surface area contributed by atoms with Gasteiger partial charge in [-0.15, -0.1) is 0 Å². The highest BCUT2D eigenvalue weighted by Gasteiger charge is 2.13. The number of aromatic nitrogens is 6. The zero-order valence-corrected chi connectivity index (χ0v) is 16.8. The molecule has 0 saturated carbocycles. The number of ether oxygens (including phenoxy) is 1. The second kappa shape index (κ2) is 9.00. The second-order valence-electron chi connectivity index (χ2n) is 6.66. The van der Waals surface area contributed by atoms with E-state index in [1.165, 1.54) is 6.20 Å². The molecule has 4 rings (SSSR count). The maximum absolute atomic E-state index is 12.3. The lowest BCUT2D eigenvalue weighted by Gasteiger charge is -2.08. The number of aldehydes is 1. The Morgan fingerprint density at radius 1 is 1.16 bits per heavy atom. The van der Waals surface area contributed by atoms with Crippen molar-refractivity contribution in [3.8, 4) is 22.8 Å². The molecule has 4 aromatic heterocycles. The van der Waals surface area contributed by atoms with Crippen LogP contribution in [0.5, 0.6) is 11.5 Å². The lowest BCUT2D eigenvalue weighted by molar-refractivity contribution is -0.107. The summed E-state index contributed by atoms with van der Waals surface area (Å²) < 4.78 is 7.50. The van der Waals surface area contributed by atoms with Gasteiger partial charge in [0.1, 0.15) is 35.0 Å². The number of amides is 1. The number of nitrogens with one attached hydrogen (secondary N) is 2. The molecule has 0 aromatic carbocycles. The van der Waals surface area contributed by atoms with E-state index in [9.17, 15) is 14.4 Å². The Morgan fingerprint density at radius 2 is 2.03 bits per heavy atom. The molecule has 0 unspecified atom stereocenters. The first kappa shape index (κ1) is 20.6. The summed E-state index contributed by atoms with van der Waals surface area (Å²) in [7, 11) is 1.82. The van der Waals surface area contributed by atoms with E-state index in [-0.39, 0.29) is 23.6 Å². The molecule has 11 nitrogen and oxygen atoms in total. The monoisotopic (exact) mass is 431 g/mol. The Labute approximate surface area is 181 Å². The van der Waals surface area contributed by atoms with E-state index in [4.69, 9.17) is 4.74 Å². The Bertz CT molecular complexity index is 1330. The van der Waals surface area contributed by atoms with Crippen LogP contribution >= 0.6 is 0 Å². The maximum Gasteiger partial charge on any atom is 0.264 e. The Balaban J connectivity index is 1.43. The van der Waals surface area contributed by atoms with Crippen LogP contribution in [-0.4, -0.2) is 41.9 Å². The van der Waals surface area contributed by atoms with Crippen molar-refractivity contribution < 1.29 is 14.3 Å². The third kappa shape index (κ3) is 4.73. The first-order valence-corrected chi connectivity index (χ1v) is 9.44. The fourth-order valence-electron chi connectivity index (χ4n) is 2.80. The molecule has 0 bridgehead atoms. The number of hydrogen-bond acceptors (Lipinski definition) is 8. The zero-order valence-electron chi connectivity index (χ0n) is 16.8. The van der Waals surface area contributed by atoms with Gasteiger partial charge in [-0.1, -0.05) is 0 Å². The number of nitrogens with zero attached hydrogens (tertiary/aromatic N) is 5. The minimum absolute atomic E-state index is 0.0403. The SMILES string of the molecule is Cn1cc(-c2cc(Oc3ccc(NC(=O)c4cnc(CC=O)[nH]c4=O)nc3)ccn2)cn1. The van der Waals surface area contributed by atoms with Gasteiger partial charge in [0, 0.05) is 37.3 Å². The van der Waals surface area contributed by atoms with Crippen LogP contribution in [0.1, 0.15) is 16.2 Å². The molecule has 0 saturated heterocycles. The summed E-state index contributed by atoms with van der Waals surface area (Å²) in [5.74, 6) is 0.746. The summed E-state index contributed by atoms with van der Waals surface area (Å²) in [6.07, 6.45) is 8.32. The first-order valence-electron chi connectivity index (χ1n) is 9.44. The summed E-state index contributed by atoms with van der Waals surface area (Å²) in [4.78, 5) is 49.6. The van der Waals surface area contributed by atoms with E-state index < -0.39 is 11.5 Å². The molecule has 0 radical (unpaired) electrons. The average Bonchev–Trinajstić information content (AvgIpc) is 3.22. The van der Waals surface area contributed by atoms with E-state index in [0.717, 1.165) is 11.8 Å². The largest absolute Gasteiger partial charge is 0.456 e. The number of aryl methyl sites for hydroxylation is 1. The lowest BCUT2D eigenvalue weighted by Crippen LogP contribution is -2.25. The quantitative estimate of drug-likeness (QED) is 0.421. The fourth-order valence-corrected chi connectivity index (χ4v) is 2.80. The van der Waals surface area contributed by atoms with E-state index in [1.807, 2.05) is 13.2 Å². The maximum atomic E-state index is 12.3. The van der Waals surface area contributed by atoms with Gasteiger partial charge in [-0.05, 0) is 18.2 Å². The van der Waals surface area contributed by atoms with Crippen LogP contribution in [0.25, 0.3) is 11.3 Å². The summed E-state index contributed by atoms with van der Waals surface area (Å²) >= 11 is 0. The van der Waals surface area contributed by atoms with Gasteiger partial charge in [-0.3, -0.25) is 19.3 Å². The van der Waals surface area contributed by atoms with Crippen molar-refractivity contribution in [3.63, 3.8) is 0 Å². The van der Waals surface area contributed by atoms with Crippen molar-refractivity contribution >= 4 is 18.0 Å². The second-order valence-corrected chi connectivity index (χ2v) is 6.66. The molecular formula is C21H17N7O4. The van der Waals surface area contributed by atoms with Gasteiger partial charge in [0.05, 0.1) is 24.5 Å². The van der Waals surface area contributed by atoms with E-state index in [0.29, 0.717) is 23.5 Å². The molecule has 0 fully saturated rings. The van der Waals surface area contributed by atoms with Crippen LogP contribution in [0.2, 0.25) is 0 Å². The molecule has 0 aliphatic heterocycles. The highest BCUT2D eigenvalue weighted by atomic mass is 16.5. The molecule has 0 atom stereocenters. The normalized spacial score (nSPS) is 10.5. The number of hydrogen-bond donors (Lipinski definition) is 2. The van der Waals surface area contributed by atoms with Crippen molar-refractivity contribution in [1.29, 1.82) is 0 Å². The third-order valence-electron chi connectivity index (χ3n) is 4.32. The van der Waals surface area contributed by atoms with Gasteiger partial charge in [0.15, 0.2) is 0 Å². The average molecular weight is 431 g/mol. The van der Waals surface area contributed by atoms with Gasteiger partial charge < -0.3 is 19.8 Å². The summed E-state index contributed by atoms with van der Waals surface area (Å²) in [6.45, 7) is 0. The highest BCUT2D eigenvalue weighted by molar-refractivity contribution is 6.03. The van der Waals surface area contributed by atoms with Crippen LogP contribution in [0.4, 0.5) is 5.82 Å². The predicted molar refractivity (Wildman–Crippen MR) is 113 cm³/mol. The smallest absolute Gasteiger partial charge is 0.264 e. The Kier molecular flexibility index (Phi) is 5.79. The van der Waals surface area contributed by atoms with Gasteiger partial charge in [0.2, 0.25) is 0 Å². The molecule has 32 heavy (non-hydrogen) atoms. The molecule has 0 spiro atoms. The molecule has 1 amide bonds. The Morgan fingerprint density at radius 3 is 2.72 bits per heavy atom. The van der Waals surface area contributed by atoms with Crippen molar-refractivity contribution in [3.05, 3.63) is 77.0 Å². The number of pyridine rings is 2. The minimum Gasteiger partial charge on any atom is -0.456 e. The van der Waals surface area contributed by atoms with Crippen LogP contribution in [0.15, 0.2) is 60.0 Å². The predicted octanol–water partition coefficient (Wildman–Crippen LogP) is 1.75. The van der Waals surface area contributed by atoms with Crippen molar-refractivity contribution in [2.24, 2.45) is 7.05 Å². The van der Waals surface area contributed by atoms with Crippen LogP contribution < -0.4 is 15.6 Å². The number of aromatic amines is 1. The summed E-state index contributed by atoms with van der Waals surface area (Å²) in [5, 5.41) is 6.65. The standard InChI is InChI=1S/C21H17N7O4/c1-28-12-13(9-25-28)17-8-14(4-6-22-17)32-15-2-3-18(23-10-15)26-20(30)16-11-24-19(5-7-29)27-21(16)31/h2-4,6-12H,5H2,1H3,(H,23,26,30)(H,24,27,31). The summed E-state index contributed by atoms with van der Waals surface area (Å²) in [6, 6.07) is 6.66. The van der Waals surface area contributed by atoms with Crippen LogP contribution in [0, 0.1) is 0 Å². The van der Waals surface area contributed by atoms with Gasteiger partial charge in [-0.25, -0.2) is 9.97 Å². The van der Waals surface area contributed by atoms with Gasteiger partial charge in [0.25, 0.3) is 11.5 Å². The number of carbonyl (C=O) groups excluding carboxylic acids is 2. The first-order chi connectivity index (χ1) is 15.5. The minimum atomic E-state index is -0.673. The lowest BCUT2D eigenvalue weighted by atomic mass is 10.2. The molecular weight excluding hydrogens is 414 g/mol. The number of H-pyrrole nitrogens is 1. The molecule has 2 N–H and O–H groups in total. The molecule has 160 valence electrons. The molecule has 4 heterocycles. The number of rotatable bonds is 7.